The van der Waals surface area contributed by atoms with Crippen LogP contribution in [0.25, 0.3) is 0 Å². The van der Waals surface area contributed by atoms with Gasteiger partial charge >= 0.3 is 0 Å². The highest BCUT2D eigenvalue weighted by Crippen LogP contribution is 2.47. The van der Waals surface area contributed by atoms with Crippen LogP contribution in [0.2, 0.25) is 0 Å². The predicted molar refractivity (Wildman–Crippen MR) is 64.8 cm³/mol. The second-order valence-corrected chi connectivity index (χ2v) is 4.97. The lowest BCUT2D eigenvalue weighted by Gasteiger charge is -2.19. The molecule has 1 nitrogen and oxygen atoms in total. The third kappa shape index (κ3) is 2.43. The van der Waals surface area contributed by atoms with E-state index in [1.165, 1.54) is 6.42 Å². The van der Waals surface area contributed by atoms with Gasteiger partial charge in [0.1, 0.15) is 5.82 Å². The first kappa shape index (κ1) is 11.6. The molecular formula is C14H20FN. The summed E-state index contributed by atoms with van der Waals surface area (Å²) in [4.78, 5) is 0. The Balaban J connectivity index is 2.24. The molecule has 2 heteroatoms. The summed E-state index contributed by atoms with van der Waals surface area (Å²) in [7, 11) is 0. The van der Waals surface area contributed by atoms with E-state index in [4.69, 9.17) is 0 Å². The number of halogens is 1. The second kappa shape index (κ2) is 4.54. The first-order valence-corrected chi connectivity index (χ1v) is 6.12. The highest BCUT2D eigenvalue weighted by molar-refractivity contribution is 5.28. The minimum Gasteiger partial charge on any atom is -0.310 e. The smallest absolute Gasteiger partial charge is 0.123 e. The van der Waals surface area contributed by atoms with Crippen molar-refractivity contribution in [3.05, 3.63) is 35.1 Å². The number of hydrogen-bond acceptors (Lipinski definition) is 1. The molecule has 0 saturated heterocycles. The molecule has 0 bridgehead atoms. The van der Waals surface area contributed by atoms with Crippen LogP contribution in [-0.2, 0) is 0 Å². The van der Waals surface area contributed by atoms with Gasteiger partial charge in [0.25, 0.3) is 0 Å². The number of aryl methyl sites for hydroxylation is 1. The molecule has 16 heavy (non-hydrogen) atoms. The van der Waals surface area contributed by atoms with Crippen molar-refractivity contribution in [1.82, 2.24) is 5.32 Å². The maximum absolute atomic E-state index is 13.4. The predicted octanol–water partition coefficient (Wildman–Crippen LogP) is 3.44. The van der Waals surface area contributed by atoms with Crippen LogP contribution in [0.1, 0.15) is 37.4 Å². The lowest BCUT2D eigenvalue weighted by atomic mass is 9.99. The molecule has 1 aromatic carbocycles. The van der Waals surface area contributed by atoms with Crippen LogP contribution >= 0.6 is 0 Å². The fraction of sp³-hybridized carbons (Fsp3) is 0.571. The summed E-state index contributed by atoms with van der Waals surface area (Å²) >= 11 is 0. The van der Waals surface area contributed by atoms with Crippen molar-refractivity contribution >= 4 is 0 Å². The van der Waals surface area contributed by atoms with E-state index in [9.17, 15) is 4.39 Å². The lowest BCUT2D eigenvalue weighted by molar-refractivity contribution is 0.472. The molecule has 3 unspecified atom stereocenters. The Morgan fingerprint density at radius 3 is 2.62 bits per heavy atom. The van der Waals surface area contributed by atoms with E-state index in [1.807, 2.05) is 6.92 Å². The molecule has 3 atom stereocenters. The summed E-state index contributed by atoms with van der Waals surface area (Å²) in [6, 6.07) is 5.68. The van der Waals surface area contributed by atoms with Crippen molar-refractivity contribution in [1.29, 1.82) is 0 Å². The fourth-order valence-corrected chi connectivity index (χ4v) is 2.50. The van der Waals surface area contributed by atoms with Gasteiger partial charge in [-0.05, 0) is 55.0 Å². The van der Waals surface area contributed by atoms with Crippen LogP contribution < -0.4 is 5.32 Å². The monoisotopic (exact) mass is 221 g/mol. The van der Waals surface area contributed by atoms with Gasteiger partial charge in [-0.2, -0.15) is 0 Å². The van der Waals surface area contributed by atoms with E-state index in [0.717, 1.165) is 23.6 Å². The average molecular weight is 221 g/mol. The molecule has 0 amide bonds. The minimum atomic E-state index is -0.119. The zero-order valence-corrected chi connectivity index (χ0v) is 10.3. The first-order valence-electron chi connectivity index (χ1n) is 6.12. The molecule has 0 spiro atoms. The number of hydrogen-bond donors (Lipinski definition) is 1. The van der Waals surface area contributed by atoms with Crippen molar-refractivity contribution in [2.45, 2.75) is 33.2 Å². The zero-order chi connectivity index (χ0) is 11.7. The van der Waals surface area contributed by atoms with Crippen LogP contribution in [0, 0.1) is 24.6 Å². The molecule has 1 saturated carbocycles. The van der Waals surface area contributed by atoms with E-state index in [-0.39, 0.29) is 5.82 Å². The van der Waals surface area contributed by atoms with Gasteiger partial charge in [0.05, 0.1) is 0 Å². The van der Waals surface area contributed by atoms with Crippen LogP contribution in [0.3, 0.4) is 0 Å². The first-order chi connectivity index (χ1) is 7.61. The van der Waals surface area contributed by atoms with Gasteiger partial charge in [0.15, 0.2) is 0 Å². The number of rotatable bonds is 4. The second-order valence-electron chi connectivity index (χ2n) is 4.97. The molecule has 1 aliphatic carbocycles. The summed E-state index contributed by atoms with van der Waals surface area (Å²) in [6.45, 7) is 7.25. The molecule has 0 radical (unpaired) electrons. The molecule has 1 N–H and O–H groups in total. The van der Waals surface area contributed by atoms with Gasteiger partial charge in [-0.3, -0.25) is 0 Å². The van der Waals surface area contributed by atoms with Crippen LogP contribution in [0.4, 0.5) is 4.39 Å². The molecule has 1 aromatic rings. The van der Waals surface area contributed by atoms with Crippen molar-refractivity contribution < 1.29 is 4.39 Å². The van der Waals surface area contributed by atoms with Gasteiger partial charge < -0.3 is 5.32 Å². The zero-order valence-electron chi connectivity index (χ0n) is 10.3. The average Bonchev–Trinajstić information content (AvgIpc) is 2.90. The highest BCUT2D eigenvalue weighted by atomic mass is 19.1. The molecule has 1 aliphatic rings. The highest BCUT2D eigenvalue weighted by Gasteiger charge is 2.39. The SMILES string of the molecule is CCNC(c1cc(C)cc(F)c1)C1CC1C. The summed E-state index contributed by atoms with van der Waals surface area (Å²) in [5.41, 5.74) is 2.11. The maximum Gasteiger partial charge on any atom is 0.123 e. The quantitative estimate of drug-likeness (QED) is 0.821. The molecule has 1 fully saturated rings. The van der Waals surface area contributed by atoms with Crippen molar-refractivity contribution in [3.63, 3.8) is 0 Å². The topological polar surface area (TPSA) is 12.0 Å². The molecule has 0 aromatic heterocycles. The van der Waals surface area contributed by atoms with E-state index >= 15 is 0 Å². The standard InChI is InChI=1S/C14H20FN/c1-4-16-14(13-7-10(13)3)11-5-9(2)6-12(15)8-11/h5-6,8,10,13-14,16H,4,7H2,1-3H3. The van der Waals surface area contributed by atoms with Gasteiger partial charge in [0, 0.05) is 6.04 Å². The van der Waals surface area contributed by atoms with E-state index in [1.54, 1.807) is 12.1 Å². The van der Waals surface area contributed by atoms with Crippen LogP contribution in [0.15, 0.2) is 18.2 Å². The third-order valence-electron chi connectivity index (χ3n) is 3.45. The molecule has 2 rings (SSSR count). The largest absolute Gasteiger partial charge is 0.310 e. The summed E-state index contributed by atoms with van der Waals surface area (Å²) < 4.78 is 13.4. The molecule has 0 heterocycles. The normalized spacial score (nSPS) is 25.5. The Hall–Kier alpha value is -0.890. The lowest BCUT2D eigenvalue weighted by Crippen LogP contribution is -2.23. The Labute approximate surface area is 97.1 Å². The maximum atomic E-state index is 13.4. The van der Waals surface area contributed by atoms with Crippen LogP contribution in [0.5, 0.6) is 0 Å². The Morgan fingerprint density at radius 1 is 1.44 bits per heavy atom. The van der Waals surface area contributed by atoms with Crippen molar-refractivity contribution in [2.24, 2.45) is 11.8 Å². The minimum absolute atomic E-state index is 0.119. The van der Waals surface area contributed by atoms with Gasteiger partial charge in [-0.25, -0.2) is 4.39 Å². The van der Waals surface area contributed by atoms with Crippen molar-refractivity contribution in [2.75, 3.05) is 6.54 Å². The molecule has 0 aliphatic heterocycles. The van der Waals surface area contributed by atoms with Gasteiger partial charge in [-0.15, -0.1) is 0 Å². The Kier molecular flexibility index (Phi) is 3.29. The number of benzene rings is 1. The summed E-state index contributed by atoms with van der Waals surface area (Å²) in [5.74, 6) is 1.33. The summed E-state index contributed by atoms with van der Waals surface area (Å²) in [6.07, 6.45) is 1.26. The van der Waals surface area contributed by atoms with Gasteiger partial charge in [-0.1, -0.05) is 19.9 Å². The molecular weight excluding hydrogens is 201 g/mol. The van der Waals surface area contributed by atoms with Crippen molar-refractivity contribution in [3.8, 4) is 0 Å². The van der Waals surface area contributed by atoms with E-state index in [0.29, 0.717) is 12.0 Å². The van der Waals surface area contributed by atoms with Crippen LogP contribution in [-0.4, -0.2) is 6.54 Å². The fourth-order valence-electron chi connectivity index (χ4n) is 2.50. The number of nitrogens with one attached hydrogen (secondary N) is 1. The summed E-state index contributed by atoms with van der Waals surface area (Å²) in [5, 5.41) is 3.48. The third-order valence-corrected chi connectivity index (χ3v) is 3.45. The Morgan fingerprint density at radius 2 is 2.12 bits per heavy atom. The molecule has 88 valence electrons. The van der Waals surface area contributed by atoms with Gasteiger partial charge in [0.2, 0.25) is 0 Å². The van der Waals surface area contributed by atoms with E-state index in [2.05, 4.69) is 25.2 Å². The van der Waals surface area contributed by atoms with E-state index < -0.39 is 0 Å². The Bertz CT molecular complexity index is 355.